The van der Waals surface area contributed by atoms with E-state index in [0.29, 0.717) is 23.5 Å². The summed E-state index contributed by atoms with van der Waals surface area (Å²) in [6, 6.07) is 18.8. The fourth-order valence-corrected chi connectivity index (χ4v) is 3.65. The van der Waals surface area contributed by atoms with Crippen LogP contribution in [0.5, 0.6) is 0 Å². The number of nitrogens with one attached hydrogen (secondary N) is 1. The Balaban J connectivity index is 2.13. The third-order valence-corrected chi connectivity index (χ3v) is 4.85. The molecule has 5 heteroatoms. The van der Waals surface area contributed by atoms with Crippen LogP contribution in [0.25, 0.3) is 33.4 Å². The van der Waals surface area contributed by atoms with Gasteiger partial charge in [-0.25, -0.2) is 4.79 Å². The number of hydrogen-bond donors (Lipinski definition) is 2. The largest absolute Gasteiger partial charge is 0.478 e. The van der Waals surface area contributed by atoms with Crippen molar-refractivity contribution in [3.63, 3.8) is 0 Å². The zero-order chi connectivity index (χ0) is 20.4. The van der Waals surface area contributed by atoms with Crippen LogP contribution >= 0.6 is 0 Å². The van der Waals surface area contributed by atoms with Gasteiger partial charge in [-0.2, -0.15) is 0 Å². The predicted molar refractivity (Wildman–Crippen MR) is 115 cm³/mol. The van der Waals surface area contributed by atoms with Gasteiger partial charge in [0.05, 0.1) is 10.9 Å². The van der Waals surface area contributed by atoms with Gasteiger partial charge in [0.25, 0.3) is 0 Å². The molecule has 0 fully saturated rings. The summed E-state index contributed by atoms with van der Waals surface area (Å²) in [5.74, 6) is -0.277. The molecule has 1 aliphatic carbocycles. The first-order valence-corrected chi connectivity index (χ1v) is 9.70. The Morgan fingerprint density at radius 3 is 2.62 bits per heavy atom. The van der Waals surface area contributed by atoms with Gasteiger partial charge in [-0.15, -0.1) is 0 Å². The summed E-state index contributed by atoms with van der Waals surface area (Å²) in [6.07, 6.45) is 0. The van der Waals surface area contributed by atoms with E-state index in [9.17, 15) is 9.90 Å². The average Bonchev–Trinajstić information content (AvgIpc) is 2.72. The second-order valence-corrected chi connectivity index (χ2v) is 6.72. The highest BCUT2D eigenvalue weighted by Gasteiger charge is 2.21. The third kappa shape index (κ3) is 3.47. The maximum Gasteiger partial charge on any atom is 0.336 e. The molecule has 0 saturated heterocycles. The van der Waals surface area contributed by atoms with Gasteiger partial charge in [0.1, 0.15) is 11.3 Å². The van der Waals surface area contributed by atoms with Crippen LogP contribution in [0.15, 0.2) is 70.1 Å². The summed E-state index contributed by atoms with van der Waals surface area (Å²) in [6.45, 7) is 5.50. The molecule has 0 aromatic heterocycles. The monoisotopic (exact) mass is 386 g/mol. The molecule has 146 valence electrons. The molecule has 29 heavy (non-hydrogen) atoms. The highest BCUT2D eigenvalue weighted by Crippen LogP contribution is 2.41. The minimum Gasteiger partial charge on any atom is -0.478 e. The SMILES string of the molecule is CC/N=c1/ccc2c(-c3ccccc3C(=O)O)c3ccc(NCC)cc3oc-2c1. The highest BCUT2D eigenvalue weighted by atomic mass is 16.4. The zero-order valence-corrected chi connectivity index (χ0v) is 16.4. The van der Waals surface area contributed by atoms with Gasteiger partial charge < -0.3 is 14.8 Å². The molecule has 2 N–H and O–H groups in total. The van der Waals surface area contributed by atoms with Crippen molar-refractivity contribution in [3.8, 4) is 22.5 Å². The van der Waals surface area contributed by atoms with Gasteiger partial charge in [-0.3, -0.25) is 4.99 Å². The van der Waals surface area contributed by atoms with Crippen molar-refractivity contribution in [2.75, 3.05) is 18.4 Å². The topological polar surface area (TPSA) is 74.8 Å². The number of carbonyl (C=O) groups is 1. The van der Waals surface area contributed by atoms with Crippen LogP contribution in [0.3, 0.4) is 0 Å². The Morgan fingerprint density at radius 2 is 1.86 bits per heavy atom. The molecule has 0 radical (unpaired) electrons. The van der Waals surface area contributed by atoms with Crippen LogP contribution in [0.2, 0.25) is 0 Å². The maximum absolute atomic E-state index is 11.9. The molecule has 2 aromatic rings. The minimum atomic E-state index is -0.954. The molecule has 0 unspecified atom stereocenters. The molecule has 0 saturated carbocycles. The molecular weight excluding hydrogens is 364 g/mol. The lowest BCUT2D eigenvalue weighted by Crippen LogP contribution is -2.05. The predicted octanol–water partition coefficient (Wildman–Crippen LogP) is 5.26. The van der Waals surface area contributed by atoms with E-state index in [1.54, 1.807) is 12.1 Å². The van der Waals surface area contributed by atoms with E-state index < -0.39 is 5.97 Å². The second kappa shape index (κ2) is 7.80. The molecule has 4 rings (SSSR count). The number of nitrogens with zero attached hydrogens (tertiary/aromatic N) is 1. The summed E-state index contributed by atoms with van der Waals surface area (Å²) >= 11 is 0. The van der Waals surface area contributed by atoms with E-state index >= 15 is 0 Å². The Kier molecular flexibility index (Phi) is 5.04. The lowest BCUT2D eigenvalue weighted by Gasteiger charge is -2.17. The average molecular weight is 386 g/mol. The van der Waals surface area contributed by atoms with Gasteiger partial charge in [0, 0.05) is 47.4 Å². The summed E-state index contributed by atoms with van der Waals surface area (Å²) in [5, 5.41) is 14.8. The van der Waals surface area contributed by atoms with Crippen LogP contribution < -0.4 is 10.7 Å². The number of fused-ring (bicyclic) bond motifs is 2. The van der Waals surface area contributed by atoms with E-state index in [2.05, 4.69) is 10.3 Å². The molecule has 0 amide bonds. The van der Waals surface area contributed by atoms with E-state index in [0.717, 1.165) is 34.1 Å². The van der Waals surface area contributed by atoms with Gasteiger partial charge >= 0.3 is 5.97 Å². The molecule has 2 aromatic carbocycles. The Labute approximate surface area is 168 Å². The van der Waals surface area contributed by atoms with E-state index in [1.165, 1.54) is 0 Å². The zero-order valence-electron chi connectivity index (χ0n) is 16.4. The normalized spacial score (nSPS) is 11.9. The van der Waals surface area contributed by atoms with Crippen molar-refractivity contribution < 1.29 is 14.3 Å². The highest BCUT2D eigenvalue weighted by molar-refractivity contribution is 6.07. The molecule has 0 atom stereocenters. The fourth-order valence-electron chi connectivity index (χ4n) is 3.65. The quantitative estimate of drug-likeness (QED) is 0.459. The van der Waals surface area contributed by atoms with Crippen molar-refractivity contribution in [1.82, 2.24) is 0 Å². The number of carboxylic acid groups (broad SMARTS) is 1. The number of aromatic carboxylic acids is 1. The lowest BCUT2D eigenvalue weighted by molar-refractivity contribution is 0.0697. The summed E-state index contributed by atoms with van der Waals surface area (Å²) < 4.78 is 6.24. The Hall–Kier alpha value is -3.60. The van der Waals surface area contributed by atoms with E-state index in [4.69, 9.17) is 4.42 Å². The van der Waals surface area contributed by atoms with Gasteiger partial charge in [0.2, 0.25) is 0 Å². The van der Waals surface area contributed by atoms with Crippen LogP contribution in [-0.4, -0.2) is 24.2 Å². The van der Waals surface area contributed by atoms with Crippen molar-refractivity contribution in [2.24, 2.45) is 4.99 Å². The summed E-state index contributed by atoms with van der Waals surface area (Å²) in [5.41, 5.74) is 4.29. The van der Waals surface area contributed by atoms with Crippen LogP contribution in [0.1, 0.15) is 24.2 Å². The Bertz CT molecular complexity index is 1240. The van der Waals surface area contributed by atoms with Crippen molar-refractivity contribution in [2.45, 2.75) is 13.8 Å². The van der Waals surface area contributed by atoms with Gasteiger partial charge in [0.15, 0.2) is 0 Å². The smallest absolute Gasteiger partial charge is 0.336 e. The van der Waals surface area contributed by atoms with E-state index in [-0.39, 0.29) is 5.56 Å². The molecule has 1 aliphatic heterocycles. The van der Waals surface area contributed by atoms with Gasteiger partial charge in [-0.1, -0.05) is 18.2 Å². The number of rotatable bonds is 5. The van der Waals surface area contributed by atoms with Crippen molar-refractivity contribution in [3.05, 3.63) is 71.6 Å². The maximum atomic E-state index is 11.9. The van der Waals surface area contributed by atoms with Crippen molar-refractivity contribution >= 4 is 22.6 Å². The minimum absolute atomic E-state index is 0.263. The number of carboxylic acids is 1. The third-order valence-electron chi connectivity index (χ3n) is 4.85. The molecular formula is C24H22N2O3. The number of anilines is 1. The molecule has 2 aliphatic rings. The Morgan fingerprint density at radius 1 is 1.03 bits per heavy atom. The molecule has 5 nitrogen and oxygen atoms in total. The summed E-state index contributed by atoms with van der Waals surface area (Å²) in [7, 11) is 0. The standard InChI is InChI=1S/C24H22N2O3/c1-3-25-15-9-11-19-21(13-15)29-22-14-16(26-4-2)10-12-20(22)23(19)17-7-5-6-8-18(17)24(27)28/h5-14,25H,3-4H2,1-2H3,(H,27,28)/b26-16-. The van der Waals surface area contributed by atoms with Crippen LogP contribution in [-0.2, 0) is 0 Å². The van der Waals surface area contributed by atoms with Crippen LogP contribution in [0, 0.1) is 0 Å². The fraction of sp³-hybridized carbons (Fsp3) is 0.167. The number of benzene rings is 3. The second-order valence-electron chi connectivity index (χ2n) is 6.72. The van der Waals surface area contributed by atoms with Gasteiger partial charge in [-0.05, 0) is 49.7 Å². The first-order chi connectivity index (χ1) is 14.1. The molecule has 1 heterocycles. The first-order valence-electron chi connectivity index (χ1n) is 9.70. The number of hydrogen-bond acceptors (Lipinski definition) is 4. The van der Waals surface area contributed by atoms with Crippen LogP contribution in [0.4, 0.5) is 5.69 Å². The summed E-state index contributed by atoms with van der Waals surface area (Å²) in [4.78, 5) is 16.4. The lowest BCUT2D eigenvalue weighted by atomic mass is 9.90. The first kappa shape index (κ1) is 18.7. The molecule has 0 spiro atoms. The van der Waals surface area contributed by atoms with E-state index in [1.807, 2.05) is 62.4 Å². The molecule has 0 bridgehead atoms. The van der Waals surface area contributed by atoms with Crippen molar-refractivity contribution in [1.29, 1.82) is 0 Å².